The normalized spacial score (nSPS) is 11.3. The zero-order valence-electron chi connectivity index (χ0n) is 27.1. The molecule has 0 spiro atoms. The van der Waals surface area contributed by atoms with Crippen LogP contribution < -0.4 is 0 Å². The summed E-state index contributed by atoms with van der Waals surface area (Å²) in [4.78, 5) is 25.2. The van der Waals surface area contributed by atoms with Crippen LogP contribution in [0, 0.1) is 0 Å². The van der Waals surface area contributed by atoms with Crippen molar-refractivity contribution in [2.45, 2.75) is 0 Å². The standard InChI is InChI=1S/C45H31N5/c1-6-16-32(17-7-1)36-26-27-46-41(31-36)44-48-43(49-45(50-44)42(35-22-12-4-13-23-35)47-40-24-14-5-15-25-40)39-29-37(33-18-8-2-9-19-33)28-38(30-39)34-20-10-3-11-21-34/h1-31H. The maximum absolute atomic E-state index is 5.17. The molecule has 0 amide bonds. The topological polar surface area (TPSA) is 63.9 Å². The second-order valence-corrected chi connectivity index (χ2v) is 11.8. The number of pyridine rings is 1. The van der Waals surface area contributed by atoms with E-state index in [-0.39, 0.29) is 0 Å². The summed E-state index contributed by atoms with van der Waals surface area (Å²) in [6, 6.07) is 61.5. The average molecular weight is 642 g/mol. The molecule has 0 saturated carbocycles. The maximum atomic E-state index is 5.17. The molecule has 8 rings (SSSR count). The minimum absolute atomic E-state index is 0.457. The highest BCUT2D eigenvalue weighted by atomic mass is 15.1. The number of rotatable bonds is 8. The molecule has 0 aliphatic heterocycles. The van der Waals surface area contributed by atoms with Crippen LogP contribution in [0.15, 0.2) is 193 Å². The van der Waals surface area contributed by atoms with Crippen LogP contribution in [0.5, 0.6) is 0 Å². The lowest BCUT2D eigenvalue weighted by molar-refractivity contribution is 1.03. The Kier molecular flexibility index (Phi) is 8.60. The molecule has 0 atom stereocenters. The van der Waals surface area contributed by atoms with E-state index in [9.17, 15) is 0 Å². The van der Waals surface area contributed by atoms with Gasteiger partial charge in [-0.3, -0.25) is 4.98 Å². The van der Waals surface area contributed by atoms with Gasteiger partial charge in [0.1, 0.15) is 11.4 Å². The molecule has 6 aromatic carbocycles. The second kappa shape index (κ2) is 14.1. The Morgan fingerprint density at radius 3 is 1.44 bits per heavy atom. The first-order valence-corrected chi connectivity index (χ1v) is 16.5. The van der Waals surface area contributed by atoms with Crippen LogP contribution in [-0.4, -0.2) is 25.6 Å². The summed E-state index contributed by atoms with van der Waals surface area (Å²) in [5, 5.41) is 0. The molecular weight excluding hydrogens is 611 g/mol. The Hall–Kier alpha value is -6.85. The maximum Gasteiger partial charge on any atom is 0.183 e. The first-order valence-electron chi connectivity index (χ1n) is 16.5. The van der Waals surface area contributed by atoms with Gasteiger partial charge in [0.25, 0.3) is 0 Å². The second-order valence-electron chi connectivity index (χ2n) is 11.8. The van der Waals surface area contributed by atoms with Crippen molar-refractivity contribution in [2.24, 2.45) is 4.99 Å². The highest BCUT2D eigenvalue weighted by molar-refractivity contribution is 6.12. The predicted octanol–water partition coefficient (Wildman–Crippen LogP) is 10.8. The van der Waals surface area contributed by atoms with Gasteiger partial charge in [0.15, 0.2) is 17.5 Å². The van der Waals surface area contributed by atoms with E-state index in [2.05, 4.69) is 78.9 Å². The molecular formula is C45H31N5. The molecule has 0 saturated heterocycles. The van der Waals surface area contributed by atoms with Crippen molar-refractivity contribution in [3.63, 3.8) is 0 Å². The van der Waals surface area contributed by atoms with E-state index in [0.717, 1.165) is 50.2 Å². The molecule has 0 unspecified atom stereocenters. The van der Waals surface area contributed by atoms with Gasteiger partial charge in [0, 0.05) is 17.3 Å². The van der Waals surface area contributed by atoms with E-state index in [1.807, 2.05) is 103 Å². The van der Waals surface area contributed by atoms with E-state index in [0.29, 0.717) is 28.9 Å². The molecule has 0 aliphatic rings. The Morgan fingerprint density at radius 2 is 0.860 bits per heavy atom. The summed E-state index contributed by atoms with van der Waals surface area (Å²) in [6.07, 6.45) is 1.81. The van der Waals surface area contributed by atoms with Crippen LogP contribution in [0.1, 0.15) is 11.4 Å². The molecule has 0 fully saturated rings. The smallest absolute Gasteiger partial charge is 0.183 e. The summed E-state index contributed by atoms with van der Waals surface area (Å²) < 4.78 is 0. The molecule has 0 radical (unpaired) electrons. The lowest BCUT2D eigenvalue weighted by Gasteiger charge is -2.13. The molecule has 2 heterocycles. The number of para-hydroxylation sites is 1. The largest absolute Gasteiger partial charge is 0.253 e. The molecule has 8 aromatic rings. The number of nitrogens with zero attached hydrogens (tertiary/aromatic N) is 5. The van der Waals surface area contributed by atoms with Crippen LogP contribution in [0.25, 0.3) is 56.3 Å². The van der Waals surface area contributed by atoms with Gasteiger partial charge in [-0.2, -0.15) is 0 Å². The van der Waals surface area contributed by atoms with Gasteiger partial charge in [-0.05, 0) is 75.8 Å². The van der Waals surface area contributed by atoms with Crippen molar-refractivity contribution in [2.75, 3.05) is 0 Å². The SMILES string of the molecule is c1ccc(N=C(c2ccccc2)c2nc(-c3cc(-c4ccccc4)cc(-c4ccccc4)c3)nc(-c3cc(-c4ccccc4)ccn3)n2)cc1. The summed E-state index contributed by atoms with van der Waals surface area (Å²) >= 11 is 0. The van der Waals surface area contributed by atoms with Crippen LogP contribution in [0.2, 0.25) is 0 Å². The lowest BCUT2D eigenvalue weighted by Crippen LogP contribution is -2.12. The summed E-state index contributed by atoms with van der Waals surface area (Å²) in [6.45, 7) is 0. The van der Waals surface area contributed by atoms with Gasteiger partial charge in [-0.25, -0.2) is 19.9 Å². The Labute approximate surface area is 291 Å². The van der Waals surface area contributed by atoms with Gasteiger partial charge in [0.05, 0.1) is 5.69 Å². The summed E-state index contributed by atoms with van der Waals surface area (Å²) in [5.74, 6) is 1.45. The summed E-state index contributed by atoms with van der Waals surface area (Å²) in [5.41, 5.74) is 10.3. The number of aromatic nitrogens is 4. The summed E-state index contributed by atoms with van der Waals surface area (Å²) in [7, 11) is 0. The number of hydrogen-bond donors (Lipinski definition) is 0. The van der Waals surface area contributed by atoms with Crippen LogP contribution in [-0.2, 0) is 0 Å². The first-order chi connectivity index (χ1) is 24.8. The van der Waals surface area contributed by atoms with E-state index >= 15 is 0 Å². The molecule has 0 aliphatic carbocycles. The van der Waals surface area contributed by atoms with Gasteiger partial charge < -0.3 is 0 Å². The lowest BCUT2D eigenvalue weighted by atomic mass is 9.96. The van der Waals surface area contributed by atoms with Crippen molar-refractivity contribution in [3.05, 3.63) is 200 Å². The zero-order valence-corrected chi connectivity index (χ0v) is 27.1. The third-order valence-electron chi connectivity index (χ3n) is 8.39. The number of aliphatic imine (C=N–C) groups is 1. The van der Waals surface area contributed by atoms with Crippen molar-refractivity contribution >= 4 is 11.4 Å². The fraction of sp³-hybridized carbons (Fsp3) is 0. The Bertz CT molecular complexity index is 2340. The van der Waals surface area contributed by atoms with E-state index < -0.39 is 0 Å². The van der Waals surface area contributed by atoms with Crippen molar-refractivity contribution in [1.82, 2.24) is 19.9 Å². The van der Waals surface area contributed by atoms with Gasteiger partial charge in [0.2, 0.25) is 0 Å². The van der Waals surface area contributed by atoms with Crippen molar-refractivity contribution < 1.29 is 0 Å². The number of benzene rings is 6. The molecule has 5 nitrogen and oxygen atoms in total. The minimum atomic E-state index is 0.457. The molecule has 0 N–H and O–H groups in total. The van der Waals surface area contributed by atoms with Gasteiger partial charge in [-0.15, -0.1) is 0 Å². The van der Waals surface area contributed by atoms with Crippen molar-refractivity contribution in [1.29, 1.82) is 0 Å². The molecule has 2 aromatic heterocycles. The van der Waals surface area contributed by atoms with Gasteiger partial charge in [-0.1, -0.05) is 140 Å². The predicted molar refractivity (Wildman–Crippen MR) is 203 cm³/mol. The van der Waals surface area contributed by atoms with Crippen molar-refractivity contribution in [3.8, 4) is 56.3 Å². The zero-order chi connectivity index (χ0) is 33.5. The van der Waals surface area contributed by atoms with Gasteiger partial charge >= 0.3 is 0 Å². The molecule has 236 valence electrons. The third-order valence-corrected chi connectivity index (χ3v) is 8.39. The minimum Gasteiger partial charge on any atom is -0.253 e. The Morgan fingerprint density at radius 1 is 0.380 bits per heavy atom. The number of hydrogen-bond acceptors (Lipinski definition) is 5. The highest BCUT2D eigenvalue weighted by Gasteiger charge is 2.19. The fourth-order valence-electron chi connectivity index (χ4n) is 5.91. The Balaban J connectivity index is 1.37. The monoisotopic (exact) mass is 641 g/mol. The molecule has 50 heavy (non-hydrogen) atoms. The quantitative estimate of drug-likeness (QED) is 0.155. The van der Waals surface area contributed by atoms with E-state index in [4.69, 9.17) is 24.9 Å². The average Bonchev–Trinajstić information content (AvgIpc) is 3.21. The van der Waals surface area contributed by atoms with E-state index in [1.54, 1.807) is 6.20 Å². The molecule has 0 bridgehead atoms. The van der Waals surface area contributed by atoms with Crippen LogP contribution in [0.3, 0.4) is 0 Å². The third kappa shape index (κ3) is 6.75. The van der Waals surface area contributed by atoms with E-state index in [1.165, 1.54) is 0 Å². The fourth-order valence-corrected chi connectivity index (χ4v) is 5.91. The van der Waals surface area contributed by atoms with Crippen LogP contribution >= 0.6 is 0 Å². The van der Waals surface area contributed by atoms with Crippen LogP contribution in [0.4, 0.5) is 5.69 Å². The first kappa shape index (κ1) is 30.5. The molecule has 5 heteroatoms. The highest BCUT2D eigenvalue weighted by Crippen LogP contribution is 2.33.